The highest BCUT2D eigenvalue weighted by Crippen LogP contribution is 2.36. The van der Waals surface area contributed by atoms with E-state index in [2.05, 4.69) is 16.7 Å². The molecule has 5 aliphatic rings. The Morgan fingerprint density at radius 1 is 0.425 bits per heavy atom. The van der Waals surface area contributed by atoms with Crippen molar-refractivity contribution >= 4 is 47.6 Å². The Morgan fingerprint density at radius 2 is 0.836 bits per heavy atom. The molecule has 43 heteroatoms. The van der Waals surface area contributed by atoms with Crippen LogP contribution in [0.15, 0.2) is 0 Å². The van der Waals surface area contributed by atoms with E-state index in [0.717, 1.165) is 0 Å². The molecule has 0 spiro atoms. The van der Waals surface area contributed by atoms with Crippen LogP contribution in [0.5, 0.6) is 0 Å². The summed E-state index contributed by atoms with van der Waals surface area (Å²) in [6.07, 6.45) is -49.3. The average Bonchev–Trinajstić information content (AvgIpc) is 3.27. The predicted molar refractivity (Wildman–Crippen MR) is 215 cm³/mol. The van der Waals surface area contributed by atoms with E-state index in [-0.39, 0.29) is 0 Å². The number of aliphatic hydroxyl groups excluding tert-OH is 9. The SMILES string of the molecule is N[C@H]1[C@@H](O[C@H]2[C@H](O)[C@@H](O)[C@H](O[C@H]3[C@H](O)[C@@H](N)[C@@H](O[C@H]4[C@H](O)[C@@H](OS(=O)(=O)O)[C@H](O[C@H]5[C@H](O)[C@@H](N)C(O)O[C@@H]5COS(=O)(=O)O)O[C@H]4CO)O[C@@H]3COS(=O)(=O)O)O[C@@H]2C(=O)O)O[C@H](COS(=O)(=O)O)[C@@H](O)[C@@H]1O. The Labute approximate surface area is 410 Å². The molecule has 0 aromatic rings. The maximum atomic E-state index is 12.5. The standard InChI is InChI=1S/C30H53N3O36S4/c31-9-14(37)20(7(60-26(9)44)3-58-71(48,49)50)66-30-23(69-73(54,55)56)18(41)19(5(1-34)61-30)64-28-11(33)15(38)21(8(63-28)4-59-72(51,52)53)65-29-17(40)16(39)22(24(68-29)25(42)43)67-27-10(32)13(36)12(35)6(62-27)2-57-70(45,46)47/h5-24,26-30,34-41,44H,1-4,31-33H2,(H,42,43)(H,45,46,47)(H,48,49,50)(H,51,52,53)(H,54,55,56)/t5-,6+,7+,8+,9+,10+,11+,12+,13+,14+,15+,16+,17+,18-,19+,20+,21+,22-,23+,24-,26?,27+,28+,29+,30-/m0/s1. The van der Waals surface area contributed by atoms with E-state index in [0.29, 0.717) is 0 Å². The minimum atomic E-state index is -5.70. The van der Waals surface area contributed by atoms with Gasteiger partial charge >= 0.3 is 47.6 Å². The van der Waals surface area contributed by atoms with Crippen molar-refractivity contribution in [3.63, 3.8) is 0 Å². The van der Waals surface area contributed by atoms with E-state index in [1.165, 1.54) is 0 Å². The van der Waals surface area contributed by atoms with E-state index < -0.39 is 227 Å². The normalized spacial score (nSPS) is 44.4. The van der Waals surface area contributed by atoms with Gasteiger partial charge < -0.3 is 111 Å². The van der Waals surface area contributed by atoms with Gasteiger partial charge in [-0.2, -0.15) is 33.7 Å². The summed E-state index contributed by atoms with van der Waals surface area (Å²) in [5.74, 6) is -2.01. The molecule has 20 N–H and O–H groups in total. The van der Waals surface area contributed by atoms with Gasteiger partial charge in [0.2, 0.25) is 0 Å². The molecule has 0 aromatic carbocycles. The van der Waals surface area contributed by atoms with Gasteiger partial charge in [-0.15, -0.1) is 0 Å². The third-order valence-corrected chi connectivity index (χ3v) is 13.1. The van der Waals surface area contributed by atoms with Crippen LogP contribution in [0.4, 0.5) is 0 Å². The lowest BCUT2D eigenvalue weighted by atomic mass is 9.94. The molecule has 0 aromatic heterocycles. The number of ether oxygens (including phenoxy) is 9. The smallest absolute Gasteiger partial charge is 0.397 e. The van der Waals surface area contributed by atoms with E-state index in [1.54, 1.807) is 0 Å². The summed E-state index contributed by atoms with van der Waals surface area (Å²) in [7, 11) is -21.6. The molecule has 428 valence electrons. The second-order valence-corrected chi connectivity index (χ2v) is 20.7. The third-order valence-electron chi connectivity index (χ3n) is 11.3. The Hall–Kier alpha value is -1.89. The van der Waals surface area contributed by atoms with Crippen LogP contribution in [0.25, 0.3) is 0 Å². The number of aliphatic carboxylic acids is 1. The highest BCUT2D eigenvalue weighted by molar-refractivity contribution is 7.81. The van der Waals surface area contributed by atoms with Crippen molar-refractivity contribution in [3.8, 4) is 0 Å². The first-order chi connectivity index (χ1) is 33.5. The maximum Gasteiger partial charge on any atom is 0.397 e. The number of aliphatic hydroxyl groups is 9. The molecule has 73 heavy (non-hydrogen) atoms. The molecule has 0 radical (unpaired) electrons. The Morgan fingerprint density at radius 3 is 1.33 bits per heavy atom. The Kier molecular flexibility index (Phi) is 20.7. The monoisotopic (exact) mass is 1160 g/mol. The van der Waals surface area contributed by atoms with Gasteiger partial charge in [-0.1, -0.05) is 0 Å². The van der Waals surface area contributed by atoms with Crippen molar-refractivity contribution in [2.75, 3.05) is 26.4 Å². The van der Waals surface area contributed by atoms with E-state index in [4.69, 9.17) is 68.9 Å². The van der Waals surface area contributed by atoms with Crippen molar-refractivity contribution in [2.24, 2.45) is 17.2 Å². The molecule has 5 rings (SSSR count). The second-order valence-electron chi connectivity index (χ2n) is 16.3. The maximum absolute atomic E-state index is 12.5. The summed E-state index contributed by atoms with van der Waals surface area (Å²) in [6, 6.07) is -5.69. The van der Waals surface area contributed by atoms with Crippen LogP contribution >= 0.6 is 0 Å². The lowest BCUT2D eigenvalue weighted by Crippen LogP contribution is -2.70. The fourth-order valence-electron chi connectivity index (χ4n) is 7.78. The summed E-state index contributed by atoms with van der Waals surface area (Å²) >= 11 is 0. The highest BCUT2D eigenvalue weighted by atomic mass is 32.3. The van der Waals surface area contributed by atoms with Gasteiger partial charge in [0, 0.05) is 0 Å². The van der Waals surface area contributed by atoms with Gasteiger partial charge in [0.1, 0.15) is 91.6 Å². The summed E-state index contributed by atoms with van der Waals surface area (Å²) in [6.45, 7) is -5.14. The first kappa shape index (κ1) is 62.0. The van der Waals surface area contributed by atoms with Crippen molar-refractivity contribution in [1.29, 1.82) is 0 Å². The second kappa shape index (κ2) is 24.4. The van der Waals surface area contributed by atoms with Crippen LogP contribution in [0.2, 0.25) is 0 Å². The average molecular weight is 1160 g/mol. The van der Waals surface area contributed by atoms with Crippen LogP contribution in [-0.4, -0.2) is 289 Å². The number of carboxylic acid groups (broad SMARTS) is 1. The fourth-order valence-corrected chi connectivity index (χ4v) is 9.18. The van der Waals surface area contributed by atoms with Gasteiger partial charge in [-0.25, -0.2) is 21.5 Å². The number of hydrogen-bond acceptors (Lipinski definition) is 34. The minimum absolute atomic E-state index is 1.18. The van der Waals surface area contributed by atoms with Crippen LogP contribution in [0, 0.1) is 0 Å². The Balaban J connectivity index is 1.37. The molecular formula is C30H53N3O36S4. The summed E-state index contributed by atoms with van der Waals surface area (Å²) in [4.78, 5) is 12.5. The molecule has 5 heterocycles. The molecule has 0 bridgehead atoms. The number of nitrogens with two attached hydrogens (primary N) is 3. The van der Waals surface area contributed by atoms with E-state index in [9.17, 15) is 98.6 Å². The van der Waals surface area contributed by atoms with Gasteiger partial charge in [-0.3, -0.25) is 18.2 Å². The van der Waals surface area contributed by atoms with Crippen molar-refractivity contribution < 1.29 is 167 Å². The number of carboxylic acids is 1. The lowest BCUT2D eigenvalue weighted by molar-refractivity contribution is -0.375. The highest BCUT2D eigenvalue weighted by Gasteiger charge is 2.58. The zero-order chi connectivity index (χ0) is 55.0. The largest absolute Gasteiger partial charge is 0.479 e. The van der Waals surface area contributed by atoms with Crippen LogP contribution < -0.4 is 17.2 Å². The number of hydrogen-bond donors (Lipinski definition) is 17. The molecule has 5 aliphatic heterocycles. The predicted octanol–water partition coefficient (Wildman–Crippen LogP) is -12.6. The van der Waals surface area contributed by atoms with Gasteiger partial charge in [0.15, 0.2) is 43.7 Å². The third kappa shape index (κ3) is 15.9. The number of rotatable bonds is 21. The molecule has 5 saturated heterocycles. The van der Waals surface area contributed by atoms with Crippen LogP contribution in [0.1, 0.15) is 0 Å². The zero-order valence-corrected chi connectivity index (χ0v) is 39.6. The Bertz CT molecular complexity index is 2310. The fraction of sp³-hybridized carbons (Fsp3) is 0.967. The summed E-state index contributed by atoms with van der Waals surface area (Å²) < 4.78 is 195. The zero-order valence-electron chi connectivity index (χ0n) is 36.4. The van der Waals surface area contributed by atoms with E-state index in [1.807, 2.05) is 0 Å². The van der Waals surface area contributed by atoms with E-state index >= 15 is 0 Å². The quantitative estimate of drug-likeness (QED) is 0.0475. The summed E-state index contributed by atoms with van der Waals surface area (Å²) in [5.41, 5.74) is 17.7. The van der Waals surface area contributed by atoms with Crippen molar-refractivity contribution in [2.45, 2.75) is 153 Å². The van der Waals surface area contributed by atoms with Gasteiger partial charge in [-0.05, 0) is 0 Å². The molecule has 25 atom stereocenters. The molecule has 39 nitrogen and oxygen atoms in total. The lowest BCUT2D eigenvalue weighted by Gasteiger charge is -2.50. The first-order valence-electron chi connectivity index (χ1n) is 20.5. The topological polar surface area (TPSA) is 635 Å². The van der Waals surface area contributed by atoms with Gasteiger partial charge in [0.25, 0.3) is 0 Å². The van der Waals surface area contributed by atoms with Gasteiger partial charge in [0.05, 0.1) is 44.6 Å². The minimum Gasteiger partial charge on any atom is -0.479 e. The molecule has 0 saturated carbocycles. The molecular weight excluding hydrogens is 1110 g/mol. The number of carbonyl (C=O) groups is 1. The molecule has 0 amide bonds. The molecule has 5 fully saturated rings. The first-order valence-corrected chi connectivity index (χ1v) is 25.9. The summed E-state index contributed by atoms with van der Waals surface area (Å²) in [5, 5.41) is 107. The molecule has 1 unspecified atom stereocenters. The van der Waals surface area contributed by atoms with Crippen LogP contribution in [0.3, 0.4) is 0 Å². The van der Waals surface area contributed by atoms with Crippen molar-refractivity contribution in [1.82, 2.24) is 0 Å². The van der Waals surface area contributed by atoms with Crippen LogP contribution in [-0.2, 0) is 106 Å². The van der Waals surface area contributed by atoms with Crippen molar-refractivity contribution in [3.05, 3.63) is 0 Å². The molecule has 0 aliphatic carbocycles.